The lowest BCUT2D eigenvalue weighted by atomic mass is 9.98. The van der Waals surface area contributed by atoms with Crippen molar-refractivity contribution in [3.63, 3.8) is 0 Å². The number of nitrogens with zero attached hydrogens (tertiary/aromatic N) is 4. The number of pyridine rings is 1. The highest BCUT2D eigenvalue weighted by molar-refractivity contribution is 8.76. The predicted molar refractivity (Wildman–Crippen MR) is 201 cm³/mol. The van der Waals surface area contributed by atoms with E-state index >= 15 is 0 Å². The molecule has 49 heavy (non-hydrogen) atoms. The first-order valence-electron chi connectivity index (χ1n) is 16.0. The maximum Gasteiger partial charge on any atom is 0.415 e. The van der Waals surface area contributed by atoms with Crippen LogP contribution in [0.3, 0.4) is 0 Å². The van der Waals surface area contributed by atoms with Gasteiger partial charge in [0.25, 0.3) is 5.91 Å². The third kappa shape index (κ3) is 8.31. The van der Waals surface area contributed by atoms with Crippen LogP contribution in [0.15, 0.2) is 53.7 Å². The Morgan fingerprint density at radius 3 is 2.53 bits per heavy atom. The number of halogens is 1. The molecule has 2 amide bonds. The Morgan fingerprint density at radius 1 is 1.06 bits per heavy atom. The average molecular weight is 724 g/mol. The minimum Gasteiger partial charge on any atom is -0.493 e. The average Bonchev–Trinajstić information content (AvgIpc) is 3.70. The van der Waals surface area contributed by atoms with Crippen LogP contribution < -0.4 is 29.5 Å². The van der Waals surface area contributed by atoms with Crippen LogP contribution in [-0.4, -0.2) is 97.9 Å². The van der Waals surface area contributed by atoms with Gasteiger partial charge in [-0.3, -0.25) is 4.79 Å². The molecule has 4 aromatic rings. The van der Waals surface area contributed by atoms with E-state index in [1.807, 2.05) is 81.4 Å². The van der Waals surface area contributed by atoms with Gasteiger partial charge in [0.2, 0.25) is 0 Å². The van der Waals surface area contributed by atoms with E-state index in [1.165, 1.54) is 0 Å². The molecule has 13 heteroatoms. The standard InChI is InChI=1S/C36H42ClN5O5S2/c1-7-25-26(8-2)34-24(21-37)22-42(29(34)20-30(25)47-36(44)41(5)14-16-48-49-33-11-9-10-12-38-33)35(43)28-17-23-18-32(46-15-13-40(3)4)31(45-6)19-27(23)39-28/h7-12,17-20,24,39H,13-16,21-22H2,1-6H3. The molecule has 0 bridgehead atoms. The zero-order valence-corrected chi connectivity index (χ0v) is 31.0. The Balaban J connectivity index is 1.40. The van der Waals surface area contributed by atoms with Crippen molar-refractivity contribution >= 4 is 73.9 Å². The lowest BCUT2D eigenvalue weighted by Gasteiger charge is -2.20. The first-order chi connectivity index (χ1) is 23.7. The number of hydrogen-bond donors (Lipinski definition) is 1. The molecule has 10 nitrogen and oxygen atoms in total. The molecule has 0 spiro atoms. The molecule has 260 valence electrons. The second kappa shape index (κ2) is 16.7. The van der Waals surface area contributed by atoms with Crippen molar-refractivity contribution in [2.45, 2.75) is 24.8 Å². The number of H-pyrrole nitrogens is 1. The molecule has 0 saturated heterocycles. The van der Waals surface area contributed by atoms with Gasteiger partial charge in [-0.25, -0.2) is 9.78 Å². The predicted octanol–water partition coefficient (Wildman–Crippen LogP) is 5.97. The van der Waals surface area contributed by atoms with Gasteiger partial charge in [0.15, 0.2) is 11.5 Å². The molecule has 2 aromatic heterocycles. The molecule has 0 fully saturated rings. The molecule has 1 atom stereocenters. The number of benzene rings is 2. The number of carbonyl (C=O) groups excluding carboxylic acids is 2. The zero-order valence-electron chi connectivity index (χ0n) is 28.6. The van der Waals surface area contributed by atoms with Crippen molar-refractivity contribution in [3.05, 3.63) is 70.4 Å². The van der Waals surface area contributed by atoms with Crippen LogP contribution in [0, 0.1) is 0 Å². The van der Waals surface area contributed by atoms with Crippen LogP contribution in [0.1, 0.15) is 35.8 Å². The first kappa shape index (κ1) is 36.4. The van der Waals surface area contributed by atoms with Gasteiger partial charge in [-0.2, -0.15) is 0 Å². The van der Waals surface area contributed by atoms with Crippen LogP contribution in [0.4, 0.5) is 10.5 Å². The van der Waals surface area contributed by atoms with Crippen LogP contribution in [0.25, 0.3) is 23.1 Å². The van der Waals surface area contributed by atoms with E-state index in [2.05, 4.69) is 9.97 Å². The number of amides is 2. The Morgan fingerprint density at radius 2 is 1.86 bits per heavy atom. The van der Waals surface area contributed by atoms with Gasteiger partial charge < -0.3 is 33.9 Å². The summed E-state index contributed by atoms with van der Waals surface area (Å²) in [6.45, 7) is 5.97. The number of hydrogen-bond acceptors (Lipinski definition) is 9. The fourth-order valence-electron chi connectivity index (χ4n) is 5.72. The molecular formula is C36H42ClN5O5S2. The summed E-state index contributed by atoms with van der Waals surface area (Å²) < 4.78 is 17.6. The number of alkyl halides is 1. The Kier molecular flexibility index (Phi) is 12.4. The summed E-state index contributed by atoms with van der Waals surface area (Å²) in [6.07, 6.45) is 5.19. The largest absolute Gasteiger partial charge is 0.493 e. The molecule has 0 aliphatic carbocycles. The number of carbonyl (C=O) groups is 2. The quantitative estimate of drug-likeness (QED) is 0.102. The molecule has 3 heterocycles. The fraction of sp³-hybridized carbons (Fsp3) is 0.361. The Bertz CT molecular complexity index is 1920. The van der Waals surface area contributed by atoms with E-state index in [9.17, 15) is 9.59 Å². The number of likely N-dealkylation sites (N-methyl/N-ethyl adjacent to an activating group) is 1. The molecule has 0 radical (unpaired) electrons. The number of fused-ring (bicyclic) bond motifs is 2. The smallest absolute Gasteiger partial charge is 0.415 e. The van der Waals surface area contributed by atoms with Crippen molar-refractivity contribution in [2.24, 2.45) is 0 Å². The van der Waals surface area contributed by atoms with Gasteiger partial charge in [-0.15, -0.1) is 11.6 Å². The van der Waals surface area contributed by atoms with Crippen LogP contribution >= 0.6 is 33.2 Å². The lowest BCUT2D eigenvalue weighted by molar-refractivity contribution is 0.0984. The monoisotopic (exact) mass is 723 g/mol. The highest BCUT2D eigenvalue weighted by atomic mass is 35.5. The summed E-state index contributed by atoms with van der Waals surface area (Å²) in [5.41, 5.74) is 2.80. The number of rotatable bonds is 13. The molecule has 1 aliphatic heterocycles. The zero-order chi connectivity index (χ0) is 35.1. The van der Waals surface area contributed by atoms with Gasteiger partial charge in [0.05, 0.1) is 12.8 Å². The van der Waals surface area contributed by atoms with E-state index in [-0.39, 0.29) is 11.8 Å². The van der Waals surface area contributed by atoms with E-state index < -0.39 is 6.09 Å². The summed E-state index contributed by atoms with van der Waals surface area (Å²) in [5, 5.41) is 3.42. The van der Waals surface area contributed by atoms with Crippen LogP contribution in [0.2, 0.25) is 0 Å². The Labute approximate surface area is 299 Å². The summed E-state index contributed by atoms with van der Waals surface area (Å²) in [7, 11) is 10.5. The summed E-state index contributed by atoms with van der Waals surface area (Å²) in [4.78, 5) is 40.4. The first-order valence-corrected chi connectivity index (χ1v) is 18.8. The minimum absolute atomic E-state index is 0.104. The van der Waals surface area contributed by atoms with E-state index in [1.54, 1.807) is 57.8 Å². The Hall–Kier alpha value is -3.84. The van der Waals surface area contributed by atoms with Gasteiger partial charge in [0, 0.05) is 78.7 Å². The maximum absolute atomic E-state index is 14.2. The second-order valence-electron chi connectivity index (χ2n) is 11.8. The number of aromatic nitrogens is 2. The molecule has 2 aromatic carbocycles. The number of methoxy groups -OCH3 is 1. The molecule has 1 unspecified atom stereocenters. The van der Waals surface area contributed by atoms with E-state index in [4.69, 9.17) is 25.8 Å². The van der Waals surface area contributed by atoms with Crippen molar-refractivity contribution in [3.8, 4) is 17.2 Å². The fourth-order valence-corrected chi connectivity index (χ4v) is 7.89. The number of anilines is 1. The highest BCUT2D eigenvalue weighted by Gasteiger charge is 2.35. The lowest BCUT2D eigenvalue weighted by Crippen LogP contribution is -2.36. The topological polar surface area (TPSA) is 100 Å². The van der Waals surface area contributed by atoms with E-state index in [0.29, 0.717) is 60.0 Å². The third-order valence-electron chi connectivity index (χ3n) is 8.23. The van der Waals surface area contributed by atoms with E-state index in [0.717, 1.165) is 38.5 Å². The van der Waals surface area contributed by atoms with Gasteiger partial charge in [-0.05, 0) is 73.8 Å². The van der Waals surface area contributed by atoms with Crippen LogP contribution in [-0.2, 0) is 0 Å². The summed E-state index contributed by atoms with van der Waals surface area (Å²) >= 11 is 6.52. The molecule has 1 N–H and O–H groups in total. The SMILES string of the molecule is CC=c1c(OC(=O)N(C)CCSSc2ccccn2)cc2c(c1=CC)C(CCl)CN2C(=O)c1cc2cc(OCCN(C)C)c(OC)cc2[nH]1. The summed E-state index contributed by atoms with van der Waals surface area (Å²) in [6, 6.07) is 13.1. The minimum atomic E-state index is -0.480. The van der Waals surface area contributed by atoms with Gasteiger partial charge in [-0.1, -0.05) is 29.0 Å². The molecule has 0 saturated carbocycles. The number of nitrogens with one attached hydrogen (secondary N) is 1. The number of ether oxygens (including phenoxy) is 3. The maximum atomic E-state index is 14.2. The molecular weight excluding hydrogens is 682 g/mol. The normalized spacial score (nSPS) is 14.9. The highest BCUT2D eigenvalue weighted by Crippen LogP contribution is 2.38. The van der Waals surface area contributed by atoms with Gasteiger partial charge in [0.1, 0.15) is 23.1 Å². The summed E-state index contributed by atoms with van der Waals surface area (Å²) in [5.74, 6) is 2.27. The van der Waals surface area contributed by atoms with Crippen LogP contribution in [0.5, 0.6) is 17.2 Å². The molecule has 5 rings (SSSR count). The van der Waals surface area contributed by atoms with Crippen molar-refractivity contribution < 1.29 is 23.8 Å². The van der Waals surface area contributed by atoms with Crippen molar-refractivity contribution in [2.75, 3.05) is 71.0 Å². The molecule has 1 aliphatic rings. The van der Waals surface area contributed by atoms with Gasteiger partial charge >= 0.3 is 6.09 Å². The van der Waals surface area contributed by atoms with Crippen molar-refractivity contribution in [1.82, 2.24) is 19.8 Å². The van der Waals surface area contributed by atoms with Crippen molar-refractivity contribution in [1.29, 1.82) is 0 Å². The number of aromatic amines is 1. The third-order valence-corrected chi connectivity index (χ3v) is 10.9. The second-order valence-corrected chi connectivity index (χ2v) is 14.5.